The van der Waals surface area contributed by atoms with Gasteiger partial charge in [0, 0.05) is 0 Å². The Kier molecular flexibility index (Phi) is 4.50. The number of nitrogens with zero attached hydrogens (tertiary/aromatic N) is 2. The summed E-state index contributed by atoms with van der Waals surface area (Å²) in [4.78, 5) is 8.56. The third-order valence-electron chi connectivity index (χ3n) is 1.78. The number of hydrogen-bond donors (Lipinski definition) is 0. The van der Waals surface area contributed by atoms with Crippen molar-refractivity contribution in [3.8, 4) is 22.9 Å². The van der Waals surface area contributed by atoms with E-state index in [-0.39, 0.29) is 0 Å². The minimum Gasteiger partial charge on any atom is -0.243 e. The van der Waals surface area contributed by atoms with Crippen LogP contribution in [0.2, 0.25) is 39.3 Å². The number of aromatic nitrogens is 2. The average Bonchev–Trinajstić information content (AvgIpc) is 2.23. The summed E-state index contributed by atoms with van der Waals surface area (Å²) in [6.45, 7) is 13.3. The lowest BCUT2D eigenvalue weighted by Crippen LogP contribution is -2.16. The van der Waals surface area contributed by atoms with E-state index in [9.17, 15) is 0 Å². The van der Waals surface area contributed by atoms with Gasteiger partial charge >= 0.3 is 0 Å². The summed E-state index contributed by atoms with van der Waals surface area (Å²) in [6, 6.07) is 0. The molecule has 0 fully saturated rings. The van der Waals surface area contributed by atoms with Gasteiger partial charge in [-0.25, -0.2) is 9.97 Å². The number of hydrogen-bond acceptors (Lipinski definition) is 2. The van der Waals surface area contributed by atoms with E-state index in [1.807, 2.05) is 0 Å². The maximum Gasteiger partial charge on any atom is 0.130 e. The third-order valence-corrected chi connectivity index (χ3v) is 3.53. The lowest BCUT2D eigenvalue weighted by Gasteiger charge is -2.03. The Morgan fingerprint density at radius 3 is 1.28 bits per heavy atom. The molecule has 94 valence electrons. The van der Waals surface area contributed by atoms with Gasteiger partial charge in [-0.05, 0) is 0 Å². The van der Waals surface area contributed by atoms with Gasteiger partial charge in [-0.3, -0.25) is 0 Å². The van der Waals surface area contributed by atoms with Gasteiger partial charge in [0.1, 0.15) is 27.5 Å². The van der Waals surface area contributed by atoms with Crippen molar-refractivity contribution in [2.75, 3.05) is 0 Å². The van der Waals surface area contributed by atoms with Gasteiger partial charge in [-0.15, -0.1) is 11.1 Å². The Hall–Kier alpha value is -1.37. The fraction of sp³-hybridized carbons (Fsp3) is 0.429. The first-order valence-electron chi connectivity index (χ1n) is 6.04. The van der Waals surface area contributed by atoms with Gasteiger partial charge in [0.15, 0.2) is 0 Å². The molecule has 1 aromatic heterocycles. The number of rotatable bonds is 0. The molecule has 0 aliphatic carbocycles. The molecule has 18 heavy (non-hydrogen) atoms. The predicted molar refractivity (Wildman–Crippen MR) is 82.5 cm³/mol. The first kappa shape index (κ1) is 14.7. The van der Waals surface area contributed by atoms with Crippen LogP contribution in [0.5, 0.6) is 0 Å². The second-order valence-electron chi connectivity index (χ2n) is 6.29. The topological polar surface area (TPSA) is 25.8 Å². The predicted octanol–water partition coefficient (Wildman–Crippen LogP) is 2.93. The fourth-order valence-electron chi connectivity index (χ4n) is 0.960. The lowest BCUT2D eigenvalue weighted by molar-refractivity contribution is 1.15. The minimum absolute atomic E-state index is 0.732. The van der Waals surface area contributed by atoms with E-state index in [4.69, 9.17) is 0 Å². The Labute approximate surface area is 112 Å². The average molecular weight is 272 g/mol. The molecule has 4 heteroatoms. The van der Waals surface area contributed by atoms with Gasteiger partial charge in [-0.2, -0.15) is 0 Å². The Bertz CT molecular complexity index is 475. The molecule has 0 aromatic carbocycles. The van der Waals surface area contributed by atoms with Crippen molar-refractivity contribution in [2.24, 2.45) is 0 Å². The van der Waals surface area contributed by atoms with Crippen molar-refractivity contribution in [3.63, 3.8) is 0 Å². The monoisotopic (exact) mass is 272 g/mol. The summed E-state index contributed by atoms with van der Waals surface area (Å²) < 4.78 is 0. The van der Waals surface area contributed by atoms with Crippen LogP contribution in [0.15, 0.2) is 12.4 Å². The molecule has 0 spiro atoms. The van der Waals surface area contributed by atoms with Crippen molar-refractivity contribution < 1.29 is 0 Å². The Morgan fingerprint density at radius 1 is 0.722 bits per heavy atom. The van der Waals surface area contributed by atoms with Crippen LogP contribution >= 0.6 is 0 Å². The first-order chi connectivity index (χ1) is 8.16. The first-order valence-corrected chi connectivity index (χ1v) is 13.0. The maximum atomic E-state index is 4.28. The van der Waals surface area contributed by atoms with Gasteiger partial charge in [-0.1, -0.05) is 51.1 Å². The molecule has 0 N–H and O–H groups in total. The van der Waals surface area contributed by atoms with Crippen LogP contribution in [-0.2, 0) is 0 Å². The molecule has 0 aliphatic rings. The highest BCUT2D eigenvalue weighted by atomic mass is 28.3. The van der Waals surface area contributed by atoms with Crippen molar-refractivity contribution >= 4 is 16.1 Å². The lowest BCUT2D eigenvalue weighted by atomic mass is 10.4. The maximum absolute atomic E-state index is 4.28. The summed E-state index contributed by atoms with van der Waals surface area (Å²) in [7, 11) is -2.69. The molecule has 0 aliphatic heterocycles. The second kappa shape index (κ2) is 5.52. The Morgan fingerprint density at radius 2 is 1.06 bits per heavy atom. The van der Waals surface area contributed by atoms with Crippen LogP contribution in [-0.4, -0.2) is 26.1 Å². The van der Waals surface area contributed by atoms with E-state index in [0.717, 1.165) is 11.4 Å². The van der Waals surface area contributed by atoms with Crippen LogP contribution in [0.25, 0.3) is 0 Å². The quantitative estimate of drug-likeness (QED) is 0.536. The van der Waals surface area contributed by atoms with Gasteiger partial charge < -0.3 is 0 Å². The zero-order chi connectivity index (χ0) is 13.8. The second-order valence-corrected chi connectivity index (χ2v) is 15.8. The summed E-state index contributed by atoms with van der Waals surface area (Å²) in [5.74, 6) is 6.17. The largest absolute Gasteiger partial charge is 0.243 e. The van der Waals surface area contributed by atoms with Gasteiger partial charge in [0.25, 0.3) is 0 Å². The molecule has 0 unspecified atom stereocenters. The molecule has 0 amide bonds. The zero-order valence-electron chi connectivity index (χ0n) is 12.0. The van der Waals surface area contributed by atoms with Crippen LogP contribution in [0.4, 0.5) is 0 Å². The van der Waals surface area contributed by atoms with Crippen LogP contribution in [0.1, 0.15) is 11.4 Å². The van der Waals surface area contributed by atoms with E-state index in [0.29, 0.717) is 0 Å². The van der Waals surface area contributed by atoms with Crippen molar-refractivity contribution in [3.05, 3.63) is 23.8 Å². The summed E-state index contributed by atoms with van der Waals surface area (Å²) >= 11 is 0. The molecular formula is C14H20N2Si2. The standard InChI is InChI=1S/C14H20N2Si2/c1-17(2,3)9-7-13-11-16-14(12-15-13)8-10-18(4,5)6/h11-12H,1-6H3. The molecule has 0 saturated carbocycles. The molecule has 0 saturated heterocycles. The van der Waals surface area contributed by atoms with Crippen LogP contribution in [0, 0.1) is 22.9 Å². The van der Waals surface area contributed by atoms with E-state index >= 15 is 0 Å². The highest BCUT2D eigenvalue weighted by molar-refractivity contribution is 6.84. The SMILES string of the molecule is C[Si](C)(C)C#Cc1cnc(C#C[Si](C)(C)C)cn1. The molecule has 1 aromatic rings. The normalized spacial score (nSPS) is 11.0. The minimum atomic E-state index is -1.34. The molecule has 0 atom stereocenters. The van der Waals surface area contributed by atoms with Gasteiger partial charge in [0.2, 0.25) is 0 Å². The van der Waals surface area contributed by atoms with Gasteiger partial charge in [0.05, 0.1) is 12.4 Å². The van der Waals surface area contributed by atoms with Crippen molar-refractivity contribution in [2.45, 2.75) is 39.3 Å². The highest BCUT2D eigenvalue weighted by Gasteiger charge is 2.08. The summed E-state index contributed by atoms with van der Waals surface area (Å²) in [6.07, 6.45) is 3.42. The van der Waals surface area contributed by atoms with Crippen LogP contribution in [0.3, 0.4) is 0 Å². The van der Waals surface area contributed by atoms with E-state index in [1.54, 1.807) is 12.4 Å². The molecule has 2 nitrogen and oxygen atoms in total. The van der Waals surface area contributed by atoms with Crippen molar-refractivity contribution in [1.29, 1.82) is 0 Å². The Balaban J connectivity index is 2.86. The summed E-state index contributed by atoms with van der Waals surface area (Å²) in [5, 5.41) is 0. The molecule has 1 rings (SSSR count). The zero-order valence-corrected chi connectivity index (χ0v) is 14.0. The van der Waals surface area contributed by atoms with Crippen molar-refractivity contribution in [1.82, 2.24) is 9.97 Å². The van der Waals surface area contributed by atoms with E-state index < -0.39 is 16.1 Å². The molecule has 0 bridgehead atoms. The molecule has 1 heterocycles. The van der Waals surface area contributed by atoms with Crippen LogP contribution < -0.4 is 0 Å². The summed E-state index contributed by atoms with van der Waals surface area (Å²) in [5.41, 5.74) is 8.01. The van der Waals surface area contributed by atoms with E-state index in [2.05, 4.69) is 72.2 Å². The molecular weight excluding hydrogens is 252 g/mol. The fourth-order valence-corrected chi connectivity index (χ4v) is 1.97. The highest BCUT2D eigenvalue weighted by Crippen LogP contribution is 2.00. The van der Waals surface area contributed by atoms with E-state index in [1.165, 1.54) is 0 Å². The smallest absolute Gasteiger partial charge is 0.130 e. The molecule has 0 radical (unpaired) electrons. The third kappa shape index (κ3) is 6.39.